The van der Waals surface area contributed by atoms with Gasteiger partial charge in [0.2, 0.25) is 0 Å². The van der Waals surface area contributed by atoms with Crippen LogP contribution in [0.5, 0.6) is 0 Å². The summed E-state index contributed by atoms with van der Waals surface area (Å²) in [4.78, 5) is 11.0. The summed E-state index contributed by atoms with van der Waals surface area (Å²) >= 11 is 0. The molecule has 0 saturated carbocycles. The minimum Gasteiger partial charge on any atom is -0.317 e. The minimum atomic E-state index is 0.401. The summed E-state index contributed by atoms with van der Waals surface area (Å²) in [7, 11) is 0. The fraction of sp³-hybridized carbons (Fsp3) is 0.750. The van der Waals surface area contributed by atoms with Gasteiger partial charge in [-0.1, -0.05) is 18.6 Å². The van der Waals surface area contributed by atoms with Crippen LogP contribution < -0.4 is 5.32 Å². The average Bonchev–Trinajstić information content (AvgIpc) is 2.21. The molecule has 0 saturated heterocycles. The summed E-state index contributed by atoms with van der Waals surface area (Å²) in [6, 6.07) is 0. The number of ketones is 1. The minimum absolute atomic E-state index is 0.401. The molecule has 0 aromatic carbocycles. The van der Waals surface area contributed by atoms with E-state index in [1.807, 2.05) is 0 Å². The number of carbonyl (C=O) groups excluding carboxylic acids is 1. The number of allylic oxidation sites excluding steroid dienone is 2. The van der Waals surface area contributed by atoms with Gasteiger partial charge in [-0.2, -0.15) is 0 Å². The van der Waals surface area contributed by atoms with Crippen molar-refractivity contribution in [1.29, 1.82) is 0 Å². The third-order valence-electron chi connectivity index (χ3n) is 2.62. The molecule has 80 valence electrons. The number of hydrogen-bond donors (Lipinski definition) is 1. The average molecular weight is 195 g/mol. The normalized spacial score (nSPS) is 16.9. The molecule has 0 aromatic rings. The fourth-order valence-corrected chi connectivity index (χ4v) is 1.73. The van der Waals surface area contributed by atoms with Crippen LogP contribution in [0.25, 0.3) is 0 Å². The van der Waals surface area contributed by atoms with Crippen LogP contribution in [0.15, 0.2) is 11.6 Å². The molecule has 0 heterocycles. The zero-order chi connectivity index (χ0) is 10.2. The van der Waals surface area contributed by atoms with Crippen molar-refractivity contribution in [3.05, 3.63) is 11.6 Å². The summed E-state index contributed by atoms with van der Waals surface area (Å²) in [5.74, 6) is 0.401. The van der Waals surface area contributed by atoms with E-state index in [2.05, 4.69) is 18.3 Å². The van der Waals surface area contributed by atoms with Crippen LogP contribution in [-0.4, -0.2) is 18.9 Å². The molecule has 0 bridgehead atoms. The SMILES string of the molecule is CCCNCCCC1=CCC(=O)CC1. The molecular formula is C12H21NO. The van der Waals surface area contributed by atoms with Crippen molar-refractivity contribution < 1.29 is 4.79 Å². The van der Waals surface area contributed by atoms with Crippen molar-refractivity contribution in [2.45, 2.75) is 45.4 Å². The molecule has 0 spiro atoms. The maximum absolute atomic E-state index is 11.0. The van der Waals surface area contributed by atoms with Gasteiger partial charge >= 0.3 is 0 Å². The van der Waals surface area contributed by atoms with E-state index >= 15 is 0 Å². The van der Waals surface area contributed by atoms with Crippen molar-refractivity contribution >= 4 is 5.78 Å². The van der Waals surface area contributed by atoms with Crippen molar-refractivity contribution in [1.82, 2.24) is 5.32 Å². The molecule has 1 aliphatic carbocycles. The zero-order valence-corrected chi connectivity index (χ0v) is 9.14. The van der Waals surface area contributed by atoms with E-state index in [0.717, 1.165) is 25.9 Å². The second-order valence-corrected chi connectivity index (χ2v) is 3.96. The van der Waals surface area contributed by atoms with Gasteiger partial charge in [0.15, 0.2) is 0 Å². The van der Waals surface area contributed by atoms with Crippen molar-refractivity contribution in [2.75, 3.05) is 13.1 Å². The fourth-order valence-electron chi connectivity index (χ4n) is 1.73. The number of Topliss-reactive ketones (excluding diaryl/α,β-unsaturated/α-hetero) is 1. The lowest BCUT2D eigenvalue weighted by molar-refractivity contribution is -0.118. The standard InChI is InChI=1S/C12H21NO/c1-2-9-13-10-3-4-11-5-7-12(14)8-6-11/h5,13H,2-4,6-10H2,1H3. The number of nitrogens with one attached hydrogen (secondary N) is 1. The zero-order valence-electron chi connectivity index (χ0n) is 9.14. The first kappa shape index (κ1) is 11.4. The Hall–Kier alpha value is -0.630. The maximum Gasteiger partial charge on any atom is 0.136 e. The van der Waals surface area contributed by atoms with Crippen LogP contribution in [-0.2, 0) is 4.79 Å². The van der Waals surface area contributed by atoms with Crippen molar-refractivity contribution in [3.63, 3.8) is 0 Å². The van der Waals surface area contributed by atoms with Gasteiger partial charge < -0.3 is 5.32 Å². The molecule has 0 atom stereocenters. The van der Waals surface area contributed by atoms with E-state index in [0.29, 0.717) is 12.2 Å². The van der Waals surface area contributed by atoms with Gasteiger partial charge in [0.1, 0.15) is 5.78 Å². The molecule has 0 radical (unpaired) electrons. The summed E-state index contributed by atoms with van der Waals surface area (Å²) in [6.07, 6.45) is 8.17. The number of rotatable bonds is 6. The quantitative estimate of drug-likeness (QED) is 0.521. The largest absolute Gasteiger partial charge is 0.317 e. The van der Waals surface area contributed by atoms with Crippen LogP contribution in [0.1, 0.15) is 45.4 Å². The molecular weight excluding hydrogens is 174 g/mol. The molecule has 1 aliphatic rings. The first-order valence-corrected chi connectivity index (χ1v) is 5.73. The predicted molar refractivity (Wildman–Crippen MR) is 59.3 cm³/mol. The Balaban J connectivity index is 2.04. The summed E-state index contributed by atoms with van der Waals surface area (Å²) < 4.78 is 0. The third-order valence-corrected chi connectivity index (χ3v) is 2.62. The lowest BCUT2D eigenvalue weighted by atomic mass is 9.95. The Morgan fingerprint density at radius 2 is 2.21 bits per heavy atom. The van der Waals surface area contributed by atoms with E-state index < -0.39 is 0 Å². The number of hydrogen-bond acceptors (Lipinski definition) is 2. The highest BCUT2D eigenvalue weighted by Crippen LogP contribution is 2.18. The molecule has 2 nitrogen and oxygen atoms in total. The van der Waals surface area contributed by atoms with Gasteiger partial charge in [0.05, 0.1) is 0 Å². The van der Waals surface area contributed by atoms with E-state index in [1.54, 1.807) is 0 Å². The topological polar surface area (TPSA) is 29.1 Å². The van der Waals surface area contributed by atoms with Crippen molar-refractivity contribution in [2.24, 2.45) is 0 Å². The summed E-state index contributed by atoms with van der Waals surface area (Å²) in [5.41, 5.74) is 1.49. The summed E-state index contributed by atoms with van der Waals surface area (Å²) in [6.45, 7) is 4.42. The Labute approximate surface area is 86.8 Å². The Kier molecular flexibility index (Phi) is 5.53. The van der Waals surface area contributed by atoms with E-state index in [4.69, 9.17) is 0 Å². The second kappa shape index (κ2) is 6.77. The molecule has 0 aromatic heterocycles. The molecule has 2 heteroatoms. The Morgan fingerprint density at radius 3 is 2.86 bits per heavy atom. The van der Waals surface area contributed by atoms with E-state index in [9.17, 15) is 4.79 Å². The molecule has 1 N–H and O–H groups in total. The number of carbonyl (C=O) groups is 1. The van der Waals surface area contributed by atoms with Crippen LogP contribution >= 0.6 is 0 Å². The highest BCUT2D eigenvalue weighted by molar-refractivity contribution is 5.81. The lowest BCUT2D eigenvalue weighted by Gasteiger charge is -2.11. The second-order valence-electron chi connectivity index (χ2n) is 3.96. The Morgan fingerprint density at radius 1 is 1.36 bits per heavy atom. The van der Waals surface area contributed by atoms with Crippen LogP contribution in [0.4, 0.5) is 0 Å². The Bertz CT molecular complexity index is 208. The molecule has 0 unspecified atom stereocenters. The molecule has 14 heavy (non-hydrogen) atoms. The van der Waals surface area contributed by atoms with Gasteiger partial charge in [-0.25, -0.2) is 0 Å². The van der Waals surface area contributed by atoms with Gasteiger partial charge in [0, 0.05) is 12.8 Å². The van der Waals surface area contributed by atoms with Gasteiger partial charge in [0.25, 0.3) is 0 Å². The van der Waals surface area contributed by atoms with Crippen molar-refractivity contribution in [3.8, 4) is 0 Å². The molecule has 0 fully saturated rings. The van der Waals surface area contributed by atoms with Gasteiger partial charge in [-0.15, -0.1) is 0 Å². The van der Waals surface area contributed by atoms with E-state index in [1.165, 1.54) is 24.8 Å². The first-order valence-electron chi connectivity index (χ1n) is 5.73. The monoisotopic (exact) mass is 195 g/mol. The van der Waals surface area contributed by atoms with Gasteiger partial charge in [-0.3, -0.25) is 4.79 Å². The predicted octanol–water partition coefficient (Wildman–Crippen LogP) is 2.45. The maximum atomic E-state index is 11.0. The highest BCUT2D eigenvalue weighted by atomic mass is 16.1. The third kappa shape index (κ3) is 4.56. The molecule has 0 aliphatic heterocycles. The molecule has 1 rings (SSSR count). The van der Waals surface area contributed by atoms with Gasteiger partial charge in [-0.05, 0) is 38.8 Å². The van der Waals surface area contributed by atoms with Crippen LogP contribution in [0.2, 0.25) is 0 Å². The highest BCUT2D eigenvalue weighted by Gasteiger charge is 2.09. The first-order chi connectivity index (χ1) is 6.83. The summed E-state index contributed by atoms with van der Waals surface area (Å²) in [5, 5.41) is 3.39. The molecule has 0 amide bonds. The lowest BCUT2D eigenvalue weighted by Crippen LogP contribution is -2.16. The smallest absolute Gasteiger partial charge is 0.136 e. The van der Waals surface area contributed by atoms with E-state index in [-0.39, 0.29) is 0 Å². The van der Waals surface area contributed by atoms with Crippen LogP contribution in [0, 0.1) is 0 Å². The van der Waals surface area contributed by atoms with Crippen LogP contribution in [0.3, 0.4) is 0 Å².